The molecular formula is C11H22BrNO. The van der Waals surface area contributed by atoms with Gasteiger partial charge in [0.2, 0.25) is 5.91 Å². The van der Waals surface area contributed by atoms with Crippen molar-refractivity contribution in [1.82, 2.24) is 5.32 Å². The molecule has 3 heteroatoms. The summed E-state index contributed by atoms with van der Waals surface area (Å²) < 4.78 is 0. The van der Waals surface area contributed by atoms with Crippen LogP contribution in [0.15, 0.2) is 0 Å². The van der Waals surface area contributed by atoms with Crippen LogP contribution in [0.2, 0.25) is 0 Å². The predicted molar refractivity (Wildman–Crippen MR) is 64.6 cm³/mol. The van der Waals surface area contributed by atoms with E-state index in [1.54, 1.807) is 0 Å². The molecule has 2 unspecified atom stereocenters. The highest BCUT2D eigenvalue weighted by atomic mass is 79.9. The van der Waals surface area contributed by atoms with E-state index >= 15 is 0 Å². The van der Waals surface area contributed by atoms with Crippen molar-refractivity contribution < 1.29 is 4.79 Å². The van der Waals surface area contributed by atoms with Gasteiger partial charge in [0.05, 0.1) is 4.83 Å². The molecular weight excluding hydrogens is 242 g/mol. The summed E-state index contributed by atoms with van der Waals surface area (Å²) >= 11 is 3.38. The van der Waals surface area contributed by atoms with Crippen LogP contribution in [0.4, 0.5) is 0 Å². The van der Waals surface area contributed by atoms with Crippen LogP contribution in [0.1, 0.15) is 34.6 Å². The van der Waals surface area contributed by atoms with Crippen LogP contribution in [0.3, 0.4) is 0 Å². The quantitative estimate of drug-likeness (QED) is 0.760. The third-order valence-corrected chi connectivity index (χ3v) is 4.05. The summed E-state index contributed by atoms with van der Waals surface area (Å²) in [5, 5.41) is 2.96. The molecule has 1 amide bonds. The number of carbonyl (C=O) groups is 1. The first-order valence-electron chi connectivity index (χ1n) is 5.28. The lowest BCUT2D eigenvalue weighted by atomic mass is 9.98. The van der Waals surface area contributed by atoms with Gasteiger partial charge in [0.25, 0.3) is 0 Å². The zero-order valence-electron chi connectivity index (χ0n) is 9.80. The monoisotopic (exact) mass is 263 g/mol. The van der Waals surface area contributed by atoms with E-state index in [4.69, 9.17) is 0 Å². The molecule has 0 fully saturated rings. The van der Waals surface area contributed by atoms with Gasteiger partial charge < -0.3 is 5.32 Å². The largest absolute Gasteiger partial charge is 0.355 e. The minimum atomic E-state index is -0.0677. The summed E-state index contributed by atoms with van der Waals surface area (Å²) in [5.74, 6) is 1.59. The normalized spacial score (nSPS) is 15.7. The summed E-state index contributed by atoms with van der Waals surface area (Å²) in [6.07, 6.45) is 0. The van der Waals surface area contributed by atoms with E-state index in [0.29, 0.717) is 17.8 Å². The van der Waals surface area contributed by atoms with E-state index in [1.165, 1.54) is 0 Å². The van der Waals surface area contributed by atoms with Gasteiger partial charge in [-0.3, -0.25) is 4.79 Å². The third kappa shape index (κ3) is 4.99. The van der Waals surface area contributed by atoms with Crippen molar-refractivity contribution in [3.8, 4) is 0 Å². The first-order valence-corrected chi connectivity index (χ1v) is 6.19. The van der Waals surface area contributed by atoms with Crippen LogP contribution in [0.25, 0.3) is 0 Å². The van der Waals surface area contributed by atoms with E-state index in [-0.39, 0.29) is 10.7 Å². The van der Waals surface area contributed by atoms with Crippen molar-refractivity contribution >= 4 is 21.8 Å². The van der Waals surface area contributed by atoms with Crippen LogP contribution >= 0.6 is 15.9 Å². The predicted octanol–water partition coefficient (Wildman–Crippen LogP) is 2.81. The van der Waals surface area contributed by atoms with Crippen molar-refractivity contribution in [2.45, 2.75) is 39.4 Å². The highest BCUT2D eigenvalue weighted by Crippen LogP contribution is 2.13. The number of hydrogen-bond acceptors (Lipinski definition) is 1. The zero-order valence-corrected chi connectivity index (χ0v) is 11.4. The van der Waals surface area contributed by atoms with Gasteiger partial charge in [-0.15, -0.1) is 0 Å². The second kappa shape index (κ2) is 6.44. The minimum Gasteiger partial charge on any atom is -0.355 e. The average Bonchev–Trinajstić information content (AvgIpc) is 2.11. The van der Waals surface area contributed by atoms with E-state index in [2.05, 4.69) is 42.0 Å². The van der Waals surface area contributed by atoms with E-state index in [0.717, 1.165) is 6.54 Å². The Labute approximate surface area is 96.0 Å². The molecule has 84 valence electrons. The molecule has 0 bridgehead atoms. The summed E-state index contributed by atoms with van der Waals surface area (Å²) in [4.78, 5) is 11.5. The van der Waals surface area contributed by atoms with E-state index < -0.39 is 0 Å². The van der Waals surface area contributed by atoms with Gasteiger partial charge in [-0.2, -0.15) is 0 Å². The Balaban J connectivity index is 3.85. The fourth-order valence-corrected chi connectivity index (χ4v) is 1.06. The molecule has 0 aliphatic heterocycles. The molecule has 0 saturated heterocycles. The SMILES string of the molecule is CC(C)C(C)CNC(=O)C(Br)C(C)C. The van der Waals surface area contributed by atoms with Crippen LogP contribution in [0, 0.1) is 17.8 Å². The molecule has 2 nitrogen and oxygen atoms in total. The molecule has 1 N–H and O–H groups in total. The topological polar surface area (TPSA) is 29.1 Å². The first-order chi connectivity index (χ1) is 6.36. The number of alkyl halides is 1. The van der Waals surface area contributed by atoms with Crippen molar-refractivity contribution in [3.63, 3.8) is 0 Å². The van der Waals surface area contributed by atoms with Gasteiger partial charge in [-0.25, -0.2) is 0 Å². The highest BCUT2D eigenvalue weighted by Gasteiger charge is 2.19. The Bertz CT molecular complexity index is 180. The minimum absolute atomic E-state index is 0.0677. The zero-order chi connectivity index (χ0) is 11.3. The van der Waals surface area contributed by atoms with Crippen LogP contribution in [-0.4, -0.2) is 17.3 Å². The standard InChI is InChI=1S/C11H22BrNO/c1-7(2)9(5)6-13-11(14)10(12)8(3)4/h7-10H,6H2,1-5H3,(H,13,14). The molecule has 2 atom stereocenters. The molecule has 0 aromatic heterocycles. The second-order valence-electron chi connectivity index (χ2n) is 4.61. The highest BCUT2D eigenvalue weighted by molar-refractivity contribution is 9.10. The smallest absolute Gasteiger partial charge is 0.234 e. The summed E-state index contributed by atoms with van der Waals surface area (Å²) in [5.41, 5.74) is 0. The maximum absolute atomic E-state index is 11.6. The molecule has 0 aromatic carbocycles. The number of carbonyl (C=O) groups excluding carboxylic acids is 1. The lowest BCUT2D eigenvalue weighted by Crippen LogP contribution is -2.37. The molecule has 0 heterocycles. The van der Waals surface area contributed by atoms with Crippen molar-refractivity contribution in [1.29, 1.82) is 0 Å². The van der Waals surface area contributed by atoms with Gasteiger partial charge in [0.15, 0.2) is 0 Å². The lowest BCUT2D eigenvalue weighted by molar-refractivity contribution is -0.121. The third-order valence-electron chi connectivity index (χ3n) is 2.57. The number of halogens is 1. The Morgan fingerprint density at radius 2 is 1.64 bits per heavy atom. The van der Waals surface area contributed by atoms with Crippen LogP contribution < -0.4 is 5.32 Å². The lowest BCUT2D eigenvalue weighted by Gasteiger charge is -2.19. The van der Waals surface area contributed by atoms with Crippen molar-refractivity contribution in [2.75, 3.05) is 6.54 Å². The van der Waals surface area contributed by atoms with Gasteiger partial charge in [0, 0.05) is 6.54 Å². The molecule has 0 spiro atoms. The van der Waals surface area contributed by atoms with Gasteiger partial charge in [0.1, 0.15) is 0 Å². The van der Waals surface area contributed by atoms with E-state index in [1.807, 2.05) is 13.8 Å². The van der Waals surface area contributed by atoms with Crippen LogP contribution in [0.5, 0.6) is 0 Å². The summed E-state index contributed by atoms with van der Waals surface area (Å²) in [7, 11) is 0. The molecule has 0 aromatic rings. The molecule has 14 heavy (non-hydrogen) atoms. The van der Waals surface area contributed by atoms with Gasteiger partial charge in [-0.05, 0) is 17.8 Å². The fraction of sp³-hybridized carbons (Fsp3) is 0.909. The number of hydrogen-bond donors (Lipinski definition) is 1. The molecule has 0 radical (unpaired) electrons. The van der Waals surface area contributed by atoms with E-state index in [9.17, 15) is 4.79 Å². The van der Waals surface area contributed by atoms with Crippen molar-refractivity contribution in [2.24, 2.45) is 17.8 Å². The number of nitrogens with one attached hydrogen (secondary N) is 1. The molecule has 0 rings (SSSR count). The van der Waals surface area contributed by atoms with Gasteiger partial charge in [-0.1, -0.05) is 50.5 Å². The summed E-state index contributed by atoms with van der Waals surface area (Å²) in [6, 6.07) is 0. The first kappa shape index (κ1) is 13.9. The maximum Gasteiger partial charge on any atom is 0.234 e. The maximum atomic E-state index is 11.6. The van der Waals surface area contributed by atoms with Gasteiger partial charge >= 0.3 is 0 Å². The second-order valence-corrected chi connectivity index (χ2v) is 5.60. The fourth-order valence-electron chi connectivity index (χ4n) is 0.898. The summed E-state index contributed by atoms with van der Waals surface area (Å²) in [6.45, 7) is 11.3. The Kier molecular flexibility index (Phi) is 6.41. The number of amides is 1. The number of rotatable bonds is 5. The average molecular weight is 264 g/mol. The molecule has 0 saturated carbocycles. The Hall–Kier alpha value is -0.0500. The Morgan fingerprint density at radius 3 is 2.00 bits per heavy atom. The van der Waals surface area contributed by atoms with Crippen LogP contribution in [-0.2, 0) is 4.79 Å². The molecule has 0 aliphatic carbocycles. The Morgan fingerprint density at radius 1 is 1.14 bits per heavy atom. The van der Waals surface area contributed by atoms with Crippen molar-refractivity contribution in [3.05, 3.63) is 0 Å². The molecule has 0 aliphatic rings.